The molecule has 0 aliphatic heterocycles. The minimum Gasteiger partial charge on any atom is -0.512 e. The van der Waals surface area contributed by atoms with Crippen LogP contribution >= 0.6 is 0 Å². The maximum Gasteiger partial charge on any atom is 0.164 e. The molecule has 2 atom stereocenters. The van der Waals surface area contributed by atoms with Gasteiger partial charge in [-0.25, -0.2) is 4.39 Å². The van der Waals surface area contributed by atoms with E-state index in [0.29, 0.717) is 6.42 Å². The Hall–Kier alpha value is -0.860. The van der Waals surface area contributed by atoms with E-state index in [1.165, 1.54) is 13.0 Å². The van der Waals surface area contributed by atoms with Gasteiger partial charge in [-0.15, -0.1) is 0 Å². The van der Waals surface area contributed by atoms with Crippen LogP contribution in [0, 0.1) is 11.8 Å². The van der Waals surface area contributed by atoms with Crippen molar-refractivity contribution < 1.29 is 14.3 Å². The van der Waals surface area contributed by atoms with E-state index in [-0.39, 0.29) is 17.5 Å². The van der Waals surface area contributed by atoms with Crippen molar-refractivity contribution in [2.24, 2.45) is 11.8 Å². The molecule has 0 bridgehead atoms. The Kier molecular flexibility index (Phi) is 7.02. The average molecular weight is 230 g/mol. The first-order valence-electron chi connectivity index (χ1n) is 6.06. The molecule has 0 radical (unpaired) electrons. The first-order chi connectivity index (χ1) is 7.47. The van der Waals surface area contributed by atoms with Crippen LogP contribution in [0.2, 0.25) is 0 Å². The van der Waals surface area contributed by atoms with Gasteiger partial charge in [-0.1, -0.05) is 20.8 Å². The lowest BCUT2D eigenvalue weighted by molar-refractivity contribution is -0.120. The summed E-state index contributed by atoms with van der Waals surface area (Å²) in [4.78, 5) is 11.7. The van der Waals surface area contributed by atoms with Crippen LogP contribution in [-0.2, 0) is 4.79 Å². The first-order valence-corrected chi connectivity index (χ1v) is 6.06. The predicted octanol–water partition coefficient (Wildman–Crippen LogP) is 3.82. The van der Waals surface area contributed by atoms with Crippen molar-refractivity contribution in [1.82, 2.24) is 0 Å². The summed E-state index contributed by atoms with van der Waals surface area (Å²) in [5, 5.41) is 9.72. The fraction of sp³-hybridized carbons (Fsp3) is 0.769. The van der Waals surface area contributed by atoms with E-state index in [4.69, 9.17) is 0 Å². The molecule has 0 aliphatic rings. The van der Waals surface area contributed by atoms with Gasteiger partial charge in [0.2, 0.25) is 0 Å². The fourth-order valence-corrected chi connectivity index (χ4v) is 1.83. The zero-order chi connectivity index (χ0) is 12.7. The second kappa shape index (κ2) is 7.42. The molecule has 1 N–H and O–H groups in total. The van der Waals surface area contributed by atoms with Crippen LogP contribution < -0.4 is 0 Å². The number of hydrogen-bond acceptors (Lipinski definition) is 2. The van der Waals surface area contributed by atoms with E-state index in [1.54, 1.807) is 6.92 Å². The monoisotopic (exact) mass is 230 g/mol. The summed E-state index contributed by atoms with van der Waals surface area (Å²) in [7, 11) is 0. The summed E-state index contributed by atoms with van der Waals surface area (Å²) >= 11 is 0. The second-order valence-electron chi connectivity index (χ2n) is 4.18. The molecular formula is C13H23FO2. The van der Waals surface area contributed by atoms with E-state index in [2.05, 4.69) is 0 Å². The lowest BCUT2D eigenvalue weighted by Crippen LogP contribution is -2.21. The molecule has 3 heteroatoms. The highest BCUT2D eigenvalue weighted by atomic mass is 19.1. The highest BCUT2D eigenvalue weighted by molar-refractivity contribution is 5.92. The molecular weight excluding hydrogens is 207 g/mol. The largest absolute Gasteiger partial charge is 0.512 e. The van der Waals surface area contributed by atoms with Gasteiger partial charge in [-0.2, -0.15) is 0 Å². The third-order valence-electron chi connectivity index (χ3n) is 3.05. The SMILES string of the molecule is CCC(CC)/C(O)=C/C(=O)C(CC)C(C)F. The lowest BCUT2D eigenvalue weighted by Gasteiger charge is -2.15. The molecule has 0 rings (SSSR count). The van der Waals surface area contributed by atoms with Crippen molar-refractivity contribution in [2.45, 2.75) is 53.1 Å². The number of hydrogen-bond donors (Lipinski definition) is 1. The van der Waals surface area contributed by atoms with Crippen molar-refractivity contribution in [3.05, 3.63) is 11.8 Å². The van der Waals surface area contributed by atoms with Crippen molar-refractivity contribution in [1.29, 1.82) is 0 Å². The van der Waals surface area contributed by atoms with Crippen LogP contribution in [0.4, 0.5) is 4.39 Å². The van der Waals surface area contributed by atoms with Gasteiger partial charge in [0, 0.05) is 12.0 Å². The Labute approximate surface area is 97.6 Å². The molecule has 0 spiro atoms. The van der Waals surface area contributed by atoms with Gasteiger partial charge in [0.05, 0.1) is 11.7 Å². The highest BCUT2D eigenvalue weighted by Crippen LogP contribution is 2.19. The molecule has 0 saturated carbocycles. The van der Waals surface area contributed by atoms with Gasteiger partial charge in [0.25, 0.3) is 0 Å². The lowest BCUT2D eigenvalue weighted by atomic mass is 9.93. The fourth-order valence-electron chi connectivity index (χ4n) is 1.83. The van der Waals surface area contributed by atoms with Gasteiger partial charge in [-0.3, -0.25) is 4.79 Å². The number of carbonyl (C=O) groups excluding carboxylic acids is 1. The van der Waals surface area contributed by atoms with Gasteiger partial charge >= 0.3 is 0 Å². The normalized spacial score (nSPS) is 16.2. The number of aliphatic hydroxyl groups is 1. The summed E-state index contributed by atoms with van der Waals surface area (Å²) in [5.41, 5.74) is 0. The van der Waals surface area contributed by atoms with E-state index in [1.807, 2.05) is 13.8 Å². The minimum absolute atomic E-state index is 0.0105. The molecule has 0 aromatic carbocycles. The standard InChI is InChI=1S/C13H23FO2/c1-5-10(6-2)12(15)8-13(16)11(7-3)9(4)14/h8-11,15H,5-7H2,1-4H3/b12-8-. The molecule has 16 heavy (non-hydrogen) atoms. The molecule has 0 heterocycles. The summed E-state index contributed by atoms with van der Waals surface area (Å²) in [6.07, 6.45) is 2.08. The van der Waals surface area contributed by atoms with Crippen LogP contribution in [0.3, 0.4) is 0 Å². The summed E-state index contributed by atoms with van der Waals surface area (Å²) < 4.78 is 13.1. The van der Waals surface area contributed by atoms with E-state index in [9.17, 15) is 14.3 Å². The molecule has 0 aromatic rings. The van der Waals surface area contributed by atoms with Crippen LogP contribution in [0.5, 0.6) is 0 Å². The second-order valence-corrected chi connectivity index (χ2v) is 4.18. The Morgan fingerprint density at radius 3 is 2.06 bits per heavy atom. The van der Waals surface area contributed by atoms with Crippen molar-refractivity contribution >= 4 is 5.78 Å². The van der Waals surface area contributed by atoms with Crippen LogP contribution in [0.1, 0.15) is 47.0 Å². The molecule has 94 valence electrons. The molecule has 0 amide bonds. The molecule has 0 saturated heterocycles. The van der Waals surface area contributed by atoms with E-state index >= 15 is 0 Å². The van der Waals surface area contributed by atoms with Crippen molar-refractivity contribution in [3.63, 3.8) is 0 Å². The molecule has 0 aromatic heterocycles. The predicted molar refractivity (Wildman–Crippen MR) is 64.1 cm³/mol. The number of alkyl halides is 1. The Balaban J connectivity index is 4.67. The molecule has 0 aliphatic carbocycles. The minimum atomic E-state index is -1.16. The summed E-state index contributed by atoms with van der Waals surface area (Å²) in [6.45, 7) is 7.07. The molecule has 2 nitrogen and oxygen atoms in total. The van der Waals surface area contributed by atoms with Gasteiger partial charge < -0.3 is 5.11 Å². The molecule has 2 unspecified atom stereocenters. The third kappa shape index (κ3) is 4.33. The maximum absolute atomic E-state index is 13.1. The van der Waals surface area contributed by atoms with E-state index < -0.39 is 12.1 Å². The summed E-state index contributed by atoms with van der Waals surface area (Å²) in [6, 6.07) is 0. The Morgan fingerprint density at radius 1 is 1.25 bits per heavy atom. The summed E-state index contributed by atoms with van der Waals surface area (Å²) in [5.74, 6) is -0.830. The zero-order valence-corrected chi connectivity index (χ0v) is 10.7. The number of halogens is 1. The number of allylic oxidation sites excluding steroid dienone is 2. The third-order valence-corrected chi connectivity index (χ3v) is 3.05. The number of rotatable bonds is 7. The maximum atomic E-state index is 13.1. The van der Waals surface area contributed by atoms with Crippen LogP contribution in [-0.4, -0.2) is 17.1 Å². The highest BCUT2D eigenvalue weighted by Gasteiger charge is 2.22. The Bertz CT molecular complexity index is 242. The topological polar surface area (TPSA) is 37.3 Å². The van der Waals surface area contributed by atoms with E-state index in [0.717, 1.165) is 12.8 Å². The number of aliphatic hydroxyl groups excluding tert-OH is 1. The smallest absolute Gasteiger partial charge is 0.164 e. The Morgan fingerprint density at radius 2 is 1.75 bits per heavy atom. The zero-order valence-electron chi connectivity index (χ0n) is 10.7. The molecule has 0 fully saturated rings. The number of ketones is 1. The van der Waals surface area contributed by atoms with Crippen molar-refractivity contribution in [3.8, 4) is 0 Å². The average Bonchev–Trinajstić information content (AvgIpc) is 2.19. The van der Waals surface area contributed by atoms with Gasteiger partial charge in [0.1, 0.15) is 6.17 Å². The van der Waals surface area contributed by atoms with Crippen LogP contribution in [0.25, 0.3) is 0 Å². The quantitative estimate of drug-likeness (QED) is 0.533. The van der Waals surface area contributed by atoms with Crippen LogP contribution in [0.15, 0.2) is 11.8 Å². The van der Waals surface area contributed by atoms with Crippen molar-refractivity contribution in [2.75, 3.05) is 0 Å². The van der Waals surface area contributed by atoms with Gasteiger partial charge in [-0.05, 0) is 26.2 Å². The van der Waals surface area contributed by atoms with Gasteiger partial charge in [0.15, 0.2) is 5.78 Å². The number of carbonyl (C=O) groups is 1. The first kappa shape index (κ1) is 15.1.